The van der Waals surface area contributed by atoms with Crippen LogP contribution in [0.2, 0.25) is 0 Å². The highest BCUT2D eigenvalue weighted by atomic mass is 35.5. The maximum atomic E-state index is 12.5. The lowest BCUT2D eigenvalue weighted by molar-refractivity contribution is -0.136. The van der Waals surface area contributed by atoms with Gasteiger partial charge in [0, 0.05) is 17.3 Å². The zero-order valence-electron chi connectivity index (χ0n) is 7.97. The molecular formula is C9H8ClF2NO3. The number of carbonyl (C=O) groups is 1. The first-order valence-corrected chi connectivity index (χ1v) is 4.80. The van der Waals surface area contributed by atoms with E-state index in [0.29, 0.717) is 0 Å². The molecule has 0 fully saturated rings. The number of aromatic nitrogens is 1. The Labute approximate surface area is 93.9 Å². The average molecular weight is 252 g/mol. The number of halogens is 3. The van der Waals surface area contributed by atoms with Crippen molar-refractivity contribution in [2.75, 3.05) is 0 Å². The minimum Gasteiger partial charge on any atom is -0.481 e. The van der Waals surface area contributed by atoms with Gasteiger partial charge in [0.05, 0.1) is 18.0 Å². The Bertz CT molecular complexity index is 459. The van der Waals surface area contributed by atoms with Crippen molar-refractivity contribution in [2.45, 2.75) is 18.7 Å². The Morgan fingerprint density at radius 3 is 2.62 bits per heavy atom. The number of H-pyrrole nitrogens is 1. The fraction of sp³-hybridized carbons (Fsp3) is 0.333. The summed E-state index contributed by atoms with van der Waals surface area (Å²) in [5, 5.41) is 8.48. The highest BCUT2D eigenvalue weighted by Crippen LogP contribution is 2.20. The van der Waals surface area contributed by atoms with Gasteiger partial charge in [-0.15, -0.1) is 11.6 Å². The Balaban J connectivity index is 3.28. The van der Waals surface area contributed by atoms with Crippen molar-refractivity contribution in [3.63, 3.8) is 0 Å². The number of aromatic amines is 1. The van der Waals surface area contributed by atoms with Gasteiger partial charge in [0.25, 0.3) is 6.43 Å². The van der Waals surface area contributed by atoms with Crippen molar-refractivity contribution >= 4 is 17.6 Å². The third-order valence-electron chi connectivity index (χ3n) is 1.92. The third-order valence-corrected chi connectivity index (χ3v) is 2.18. The van der Waals surface area contributed by atoms with Gasteiger partial charge in [-0.2, -0.15) is 0 Å². The Morgan fingerprint density at radius 1 is 1.56 bits per heavy atom. The molecular weight excluding hydrogens is 244 g/mol. The van der Waals surface area contributed by atoms with Crippen LogP contribution in [0.4, 0.5) is 8.78 Å². The van der Waals surface area contributed by atoms with Gasteiger partial charge in [-0.05, 0) is 0 Å². The van der Waals surface area contributed by atoms with Gasteiger partial charge in [-0.3, -0.25) is 9.59 Å². The lowest BCUT2D eigenvalue weighted by Crippen LogP contribution is -2.16. The molecule has 2 N–H and O–H groups in total. The van der Waals surface area contributed by atoms with Crippen molar-refractivity contribution in [2.24, 2.45) is 0 Å². The van der Waals surface area contributed by atoms with Crippen molar-refractivity contribution in [1.82, 2.24) is 4.98 Å². The van der Waals surface area contributed by atoms with E-state index in [2.05, 4.69) is 4.98 Å². The predicted octanol–water partition coefficient (Wildman–Crippen LogP) is 1.68. The molecule has 1 heterocycles. The van der Waals surface area contributed by atoms with Gasteiger partial charge in [0.15, 0.2) is 5.43 Å². The smallest absolute Gasteiger partial charge is 0.309 e. The maximum Gasteiger partial charge on any atom is 0.309 e. The third kappa shape index (κ3) is 2.79. The second-order valence-electron chi connectivity index (χ2n) is 3.06. The van der Waals surface area contributed by atoms with Crippen LogP contribution in [-0.4, -0.2) is 16.1 Å². The summed E-state index contributed by atoms with van der Waals surface area (Å²) in [7, 11) is 0. The number of pyridine rings is 1. The van der Waals surface area contributed by atoms with Crippen molar-refractivity contribution < 1.29 is 18.7 Å². The van der Waals surface area contributed by atoms with Gasteiger partial charge in [-0.1, -0.05) is 0 Å². The van der Waals surface area contributed by atoms with Crippen molar-refractivity contribution in [3.05, 3.63) is 33.2 Å². The monoisotopic (exact) mass is 251 g/mol. The van der Waals surface area contributed by atoms with Gasteiger partial charge in [-0.25, -0.2) is 8.78 Å². The summed E-state index contributed by atoms with van der Waals surface area (Å²) in [5.74, 6) is -1.56. The van der Waals surface area contributed by atoms with E-state index in [0.717, 1.165) is 6.07 Å². The molecule has 0 aliphatic rings. The van der Waals surface area contributed by atoms with E-state index in [4.69, 9.17) is 16.7 Å². The highest BCUT2D eigenvalue weighted by Gasteiger charge is 2.17. The summed E-state index contributed by atoms with van der Waals surface area (Å²) in [5.41, 5.74) is -1.59. The molecule has 0 bridgehead atoms. The summed E-state index contributed by atoms with van der Waals surface area (Å²) >= 11 is 5.37. The normalized spacial score (nSPS) is 10.8. The van der Waals surface area contributed by atoms with Crippen LogP contribution in [0.1, 0.15) is 23.4 Å². The van der Waals surface area contributed by atoms with Crippen LogP contribution >= 0.6 is 11.6 Å². The summed E-state index contributed by atoms with van der Waals surface area (Å²) in [4.78, 5) is 23.9. The molecule has 4 nitrogen and oxygen atoms in total. The summed E-state index contributed by atoms with van der Waals surface area (Å²) in [6, 6.07) is 0.970. The molecule has 0 atom stereocenters. The Morgan fingerprint density at radius 2 is 2.19 bits per heavy atom. The number of aliphatic carboxylic acids is 1. The molecule has 0 aliphatic heterocycles. The number of hydrogen-bond donors (Lipinski definition) is 2. The molecule has 1 aromatic heterocycles. The summed E-state index contributed by atoms with van der Waals surface area (Å²) in [6.07, 6.45) is -3.41. The van der Waals surface area contributed by atoms with Gasteiger partial charge in [0.2, 0.25) is 0 Å². The quantitative estimate of drug-likeness (QED) is 0.800. The van der Waals surface area contributed by atoms with Crippen LogP contribution < -0.4 is 5.43 Å². The zero-order valence-corrected chi connectivity index (χ0v) is 8.72. The van der Waals surface area contributed by atoms with E-state index in [1.807, 2.05) is 0 Å². The Kier molecular flexibility index (Phi) is 4.00. The fourth-order valence-corrected chi connectivity index (χ4v) is 1.52. The Hall–Kier alpha value is -1.43. The van der Waals surface area contributed by atoms with Crippen LogP contribution in [0.15, 0.2) is 10.9 Å². The zero-order chi connectivity index (χ0) is 12.3. The van der Waals surface area contributed by atoms with E-state index in [9.17, 15) is 18.4 Å². The standard InChI is InChI=1S/C9H8ClF2NO3/c10-3-5-6(14)1-4(2-7(15)16)13-8(5)9(11)12/h1,9H,2-3H2,(H,13,14)(H,15,16). The fourth-order valence-electron chi connectivity index (χ4n) is 1.24. The van der Waals surface area contributed by atoms with Crippen LogP contribution in [0, 0.1) is 0 Å². The van der Waals surface area contributed by atoms with Crippen LogP contribution in [0.3, 0.4) is 0 Å². The van der Waals surface area contributed by atoms with E-state index < -0.39 is 29.9 Å². The number of nitrogens with one attached hydrogen (secondary N) is 1. The number of hydrogen-bond acceptors (Lipinski definition) is 2. The molecule has 0 amide bonds. The average Bonchev–Trinajstić information content (AvgIpc) is 2.15. The maximum absolute atomic E-state index is 12.5. The molecule has 0 aromatic carbocycles. The molecule has 16 heavy (non-hydrogen) atoms. The number of alkyl halides is 3. The first kappa shape index (κ1) is 12.6. The largest absolute Gasteiger partial charge is 0.481 e. The summed E-state index contributed by atoms with van der Waals surface area (Å²) < 4.78 is 25.1. The molecule has 1 rings (SSSR count). The van der Waals surface area contributed by atoms with Crippen LogP contribution in [0.5, 0.6) is 0 Å². The lowest BCUT2D eigenvalue weighted by Gasteiger charge is -2.08. The van der Waals surface area contributed by atoms with E-state index in [1.54, 1.807) is 0 Å². The highest BCUT2D eigenvalue weighted by molar-refractivity contribution is 6.17. The second kappa shape index (κ2) is 5.07. The van der Waals surface area contributed by atoms with E-state index in [1.165, 1.54) is 0 Å². The SMILES string of the molecule is O=C(O)Cc1cc(=O)c(CCl)c(C(F)F)[nH]1. The van der Waals surface area contributed by atoms with Gasteiger partial charge >= 0.3 is 5.97 Å². The van der Waals surface area contributed by atoms with Crippen molar-refractivity contribution in [3.8, 4) is 0 Å². The molecule has 0 spiro atoms. The first-order chi connectivity index (χ1) is 7.45. The van der Waals surface area contributed by atoms with Crippen LogP contribution in [0.25, 0.3) is 0 Å². The molecule has 0 unspecified atom stereocenters. The molecule has 0 aliphatic carbocycles. The predicted molar refractivity (Wildman–Crippen MR) is 52.9 cm³/mol. The number of rotatable bonds is 4. The molecule has 0 saturated heterocycles. The van der Waals surface area contributed by atoms with Crippen molar-refractivity contribution in [1.29, 1.82) is 0 Å². The minimum absolute atomic E-state index is 0.0679. The molecule has 0 radical (unpaired) electrons. The topological polar surface area (TPSA) is 70.2 Å². The molecule has 7 heteroatoms. The second-order valence-corrected chi connectivity index (χ2v) is 3.32. The molecule has 0 saturated carbocycles. The van der Waals surface area contributed by atoms with E-state index >= 15 is 0 Å². The lowest BCUT2D eigenvalue weighted by atomic mass is 10.1. The van der Waals surface area contributed by atoms with Gasteiger partial charge < -0.3 is 10.1 Å². The number of carboxylic acids is 1. The van der Waals surface area contributed by atoms with Crippen LogP contribution in [-0.2, 0) is 17.1 Å². The van der Waals surface area contributed by atoms with Gasteiger partial charge in [0.1, 0.15) is 0 Å². The molecule has 88 valence electrons. The van der Waals surface area contributed by atoms with E-state index in [-0.39, 0.29) is 17.1 Å². The first-order valence-electron chi connectivity index (χ1n) is 4.26. The summed E-state index contributed by atoms with van der Waals surface area (Å²) in [6.45, 7) is 0. The number of carboxylic acid groups (broad SMARTS) is 1. The minimum atomic E-state index is -2.89. The molecule has 1 aromatic rings.